The molecule has 2 amide bonds. The van der Waals surface area contributed by atoms with Gasteiger partial charge in [-0.05, 0) is 34.1 Å². The first-order valence-corrected chi connectivity index (χ1v) is 8.01. The Balaban J connectivity index is 1.89. The van der Waals surface area contributed by atoms with Crippen molar-refractivity contribution in [3.8, 4) is 0 Å². The molecule has 0 saturated heterocycles. The summed E-state index contributed by atoms with van der Waals surface area (Å²) in [6, 6.07) is 8.59. The Kier molecular flexibility index (Phi) is 5.61. The fraction of sp³-hybridized carbons (Fsp3) is 0. The third-order valence-corrected chi connectivity index (χ3v) is 4.73. The Morgan fingerprint density at radius 1 is 1.35 bits per heavy atom. The SMILES string of the molecule is O=C(N/N=C/c1cc(Br)c(I)o1)Nc1cccc(Br)c1. The van der Waals surface area contributed by atoms with Crippen molar-refractivity contribution < 1.29 is 9.21 Å². The van der Waals surface area contributed by atoms with Gasteiger partial charge in [0.2, 0.25) is 0 Å². The first-order valence-electron chi connectivity index (χ1n) is 5.35. The van der Waals surface area contributed by atoms with Crippen LogP contribution in [0.25, 0.3) is 0 Å². The van der Waals surface area contributed by atoms with E-state index in [4.69, 9.17) is 4.42 Å². The van der Waals surface area contributed by atoms with Crippen LogP contribution in [0.5, 0.6) is 0 Å². The summed E-state index contributed by atoms with van der Waals surface area (Å²) in [7, 11) is 0. The van der Waals surface area contributed by atoms with Crippen LogP contribution in [0.2, 0.25) is 0 Å². The number of urea groups is 1. The molecular formula is C12H8Br2IN3O2. The molecule has 0 aliphatic carbocycles. The molecule has 0 radical (unpaired) electrons. The second-order valence-corrected chi connectivity index (χ2v) is 6.35. The molecule has 104 valence electrons. The van der Waals surface area contributed by atoms with E-state index >= 15 is 0 Å². The second kappa shape index (κ2) is 7.23. The lowest BCUT2D eigenvalue weighted by atomic mass is 10.3. The molecular weight excluding hydrogens is 505 g/mol. The van der Waals surface area contributed by atoms with Crippen molar-refractivity contribution in [3.05, 3.63) is 48.8 Å². The van der Waals surface area contributed by atoms with Gasteiger partial charge >= 0.3 is 6.03 Å². The van der Waals surface area contributed by atoms with Crippen molar-refractivity contribution in [2.75, 3.05) is 5.32 Å². The Bertz CT molecular complexity index is 638. The Labute approximate surface area is 145 Å². The minimum Gasteiger partial charge on any atom is -0.448 e. The summed E-state index contributed by atoms with van der Waals surface area (Å²) in [6.45, 7) is 0. The standard InChI is InChI=1S/C12H8Br2IN3O2/c13-7-2-1-3-8(4-7)17-12(19)18-16-6-9-5-10(14)11(15)20-9/h1-6H,(H2,17,18,19)/b16-6+. The van der Waals surface area contributed by atoms with Gasteiger partial charge in [0, 0.05) is 38.8 Å². The van der Waals surface area contributed by atoms with E-state index in [-0.39, 0.29) is 0 Å². The van der Waals surface area contributed by atoms with Crippen LogP contribution in [0.15, 0.2) is 48.8 Å². The zero-order valence-electron chi connectivity index (χ0n) is 9.86. The number of hydrazone groups is 1. The predicted molar refractivity (Wildman–Crippen MR) is 93.0 cm³/mol. The number of benzene rings is 1. The van der Waals surface area contributed by atoms with Crippen LogP contribution < -0.4 is 10.7 Å². The predicted octanol–water partition coefficient (Wildman–Crippen LogP) is 4.56. The zero-order valence-corrected chi connectivity index (χ0v) is 15.2. The van der Waals surface area contributed by atoms with E-state index in [1.54, 1.807) is 18.2 Å². The van der Waals surface area contributed by atoms with Gasteiger partial charge in [-0.15, -0.1) is 0 Å². The highest BCUT2D eigenvalue weighted by atomic mass is 127. The van der Waals surface area contributed by atoms with Gasteiger partial charge in [-0.25, -0.2) is 10.2 Å². The lowest BCUT2D eigenvalue weighted by Gasteiger charge is -2.03. The van der Waals surface area contributed by atoms with Crippen LogP contribution in [0, 0.1) is 3.77 Å². The molecule has 20 heavy (non-hydrogen) atoms. The van der Waals surface area contributed by atoms with E-state index < -0.39 is 6.03 Å². The molecule has 0 unspecified atom stereocenters. The Morgan fingerprint density at radius 2 is 2.15 bits per heavy atom. The fourth-order valence-corrected chi connectivity index (χ4v) is 2.42. The summed E-state index contributed by atoms with van der Waals surface area (Å²) in [4.78, 5) is 11.6. The van der Waals surface area contributed by atoms with E-state index in [9.17, 15) is 4.79 Å². The number of rotatable bonds is 3. The topological polar surface area (TPSA) is 66.6 Å². The number of amides is 2. The van der Waals surface area contributed by atoms with E-state index in [0.717, 1.165) is 12.7 Å². The maximum Gasteiger partial charge on any atom is 0.339 e. The molecule has 0 saturated carbocycles. The smallest absolute Gasteiger partial charge is 0.339 e. The quantitative estimate of drug-likeness (QED) is 0.359. The molecule has 1 aromatic carbocycles. The number of carbonyl (C=O) groups is 1. The lowest BCUT2D eigenvalue weighted by Crippen LogP contribution is -2.24. The summed E-state index contributed by atoms with van der Waals surface area (Å²) in [5.74, 6) is 0.545. The third kappa shape index (κ3) is 4.60. The molecule has 2 aromatic rings. The van der Waals surface area contributed by atoms with Crippen molar-refractivity contribution in [3.63, 3.8) is 0 Å². The summed E-state index contributed by atoms with van der Waals surface area (Å²) in [5, 5.41) is 6.45. The highest BCUT2D eigenvalue weighted by molar-refractivity contribution is 14.1. The van der Waals surface area contributed by atoms with Crippen LogP contribution >= 0.6 is 54.5 Å². The average molecular weight is 513 g/mol. The van der Waals surface area contributed by atoms with Crippen molar-refractivity contribution in [2.24, 2.45) is 5.10 Å². The maximum atomic E-state index is 11.6. The molecule has 0 spiro atoms. The van der Waals surface area contributed by atoms with Crippen molar-refractivity contribution in [1.82, 2.24) is 5.43 Å². The van der Waals surface area contributed by atoms with E-state index in [0.29, 0.717) is 11.4 Å². The lowest BCUT2D eigenvalue weighted by molar-refractivity contribution is 0.252. The van der Waals surface area contributed by atoms with E-state index in [2.05, 4.69) is 47.7 Å². The molecule has 2 rings (SSSR count). The maximum absolute atomic E-state index is 11.6. The van der Waals surface area contributed by atoms with Gasteiger partial charge in [0.15, 0.2) is 3.77 Å². The van der Waals surface area contributed by atoms with Gasteiger partial charge in [0.25, 0.3) is 0 Å². The van der Waals surface area contributed by atoms with Crippen LogP contribution in [-0.4, -0.2) is 12.2 Å². The molecule has 8 heteroatoms. The Morgan fingerprint density at radius 3 is 2.80 bits per heavy atom. The Hall–Kier alpha value is -0.870. The molecule has 0 bridgehead atoms. The number of hydrogen-bond acceptors (Lipinski definition) is 3. The summed E-state index contributed by atoms with van der Waals surface area (Å²) >= 11 is 8.70. The summed E-state index contributed by atoms with van der Waals surface area (Å²) < 4.78 is 7.80. The molecule has 5 nitrogen and oxygen atoms in total. The van der Waals surface area contributed by atoms with E-state index in [1.165, 1.54) is 6.21 Å². The van der Waals surface area contributed by atoms with Crippen molar-refractivity contribution in [1.29, 1.82) is 0 Å². The molecule has 1 heterocycles. The van der Waals surface area contributed by atoms with Gasteiger partial charge in [-0.2, -0.15) is 5.10 Å². The highest BCUT2D eigenvalue weighted by Gasteiger charge is 2.04. The minimum atomic E-state index is -0.431. The van der Waals surface area contributed by atoms with Gasteiger partial charge in [0.1, 0.15) is 5.76 Å². The molecule has 2 N–H and O–H groups in total. The molecule has 0 aliphatic rings. The second-order valence-electron chi connectivity index (χ2n) is 3.60. The van der Waals surface area contributed by atoms with Crippen LogP contribution in [0.1, 0.15) is 5.76 Å². The number of halogens is 3. The molecule has 0 atom stereocenters. The zero-order chi connectivity index (χ0) is 14.5. The van der Waals surface area contributed by atoms with Gasteiger partial charge < -0.3 is 9.73 Å². The number of anilines is 1. The van der Waals surface area contributed by atoms with Crippen molar-refractivity contribution >= 4 is 72.4 Å². The largest absolute Gasteiger partial charge is 0.448 e. The van der Waals surface area contributed by atoms with Crippen LogP contribution in [-0.2, 0) is 0 Å². The number of nitrogens with one attached hydrogen (secondary N) is 2. The number of furan rings is 1. The summed E-state index contributed by atoms with van der Waals surface area (Å²) in [5.41, 5.74) is 3.02. The molecule has 1 aromatic heterocycles. The average Bonchev–Trinajstić information content (AvgIpc) is 2.68. The van der Waals surface area contributed by atoms with Crippen LogP contribution in [0.4, 0.5) is 10.5 Å². The van der Waals surface area contributed by atoms with E-state index in [1.807, 2.05) is 34.7 Å². The number of hydrogen-bond donors (Lipinski definition) is 2. The number of carbonyl (C=O) groups excluding carboxylic acids is 1. The first kappa shape index (κ1) is 15.5. The third-order valence-electron chi connectivity index (χ3n) is 2.10. The monoisotopic (exact) mass is 511 g/mol. The summed E-state index contributed by atoms with van der Waals surface area (Å²) in [6.07, 6.45) is 1.42. The first-order chi connectivity index (χ1) is 9.54. The molecule has 0 aliphatic heterocycles. The van der Waals surface area contributed by atoms with Gasteiger partial charge in [0.05, 0.1) is 10.7 Å². The normalized spacial score (nSPS) is 10.8. The minimum absolute atomic E-state index is 0.431. The fourth-order valence-electron chi connectivity index (χ4n) is 1.31. The van der Waals surface area contributed by atoms with Crippen LogP contribution in [0.3, 0.4) is 0 Å². The van der Waals surface area contributed by atoms with Crippen molar-refractivity contribution in [2.45, 2.75) is 0 Å². The highest BCUT2D eigenvalue weighted by Crippen LogP contribution is 2.22. The molecule has 0 fully saturated rings. The van der Waals surface area contributed by atoms with Gasteiger partial charge in [-0.3, -0.25) is 0 Å². The number of nitrogens with zero attached hydrogens (tertiary/aromatic N) is 1. The van der Waals surface area contributed by atoms with Gasteiger partial charge in [-0.1, -0.05) is 22.0 Å².